The minimum absolute atomic E-state index is 0.0626. The first-order valence-corrected chi connectivity index (χ1v) is 19.9. The predicted octanol–water partition coefficient (Wildman–Crippen LogP) is 5.20. The number of pyridine rings is 1. The van der Waals surface area contributed by atoms with Gasteiger partial charge >= 0.3 is 0 Å². The van der Waals surface area contributed by atoms with Crippen LogP contribution in [0.15, 0.2) is 41.3 Å². The molecule has 14 heteroatoms. The lowest BCUT2D eigenvalue weighted by atomic mass is 9.96. The summed E-state index contributed by atoms with van der Waals surface area (Å²) >= 11 is 13.3. The summed E-state index contributed by atoms with van der Waals surface area (Å²) in [5.74, 6) is 0.313. The van der Waals surface area contributed by atoms with Crippen LogP contribution in [-0.4, -0.2) is 105 Å². The number of benzene rings is 2. The molecule has 0 spiro atoms. The molecule has 5 rings (SSSR count). The molecule has 2 aromatic carbocycles. The van der Waals surface area contributed by atoms with Crippen molar-refractivity contribution in [2.45, 2.75) is 81.9 Å². The lowest BCUT2D eigenvalue weighted by Crippen LogP contribution is -2.61. The van der Waals surface area contributed by atoms with Gasteiger partial charge in [-0.25, -0.2) is 13.4 Å². The number of ether oxygens (including phenoxy) is 1. The first-order valence-electron chi connectivity index (χ1n) is 17.7. The van der Waals surface area contributed by atoms with Gasteiger partial charge in [-0.1, -0.05) is 48.2 Å². The van der Waals surface area contributed by atoms with E-state index in [-0.39, 0.29) is 39.4 Å². The second kappa shape index (κ2) is 15.9. The zero-order valence-electron chi connectivity index (χ0n) is 30.3. The fraction of sp³-hybridized carbons (Fsp3) is 0.541. The number of halogens is 2. The van der Waals surface area contributed by atoms with Crippen LogP contribution in [-0.2, 0) is 26.2 Å². The molecule has 278 valence electrons. The largest absolute Gasteiger partial charge is 0.487 e. The van der Waals surface area contributed by atoms with Gasteiger partial charge in [0.1, 0.15) is 28.3 Å². The molecule has 51 heavy (non-hydrogen) atoms. The van der Waals surface area contributed by atoms with Crippen molar-refractivity contribution in [1.29, 1.82) is 0 Å². The number of piperazine rings is 1. The Morgan fingerprint density at radius 1 is 1.04 bits per heavy atom. The van der Waals surface area contributed by atoms with E-state index >= 15 is 0 Å². The highest BCUT2D eigenvalue weighted by Gasteiger charge is 2.47. The van der Waals surface area contributed by atoms with E-state index in [9.17, 15) is 18.0 Å². The van der Waals surface area contributed by atoms with Crippen LogP contribution in [0.2, 0.25) is 10.0 Å². The molecule has 3 N–H and O–H groups in total. The summed E-state index contributed by atoms with van der Waals surface area (Å²) in [6.07, 6.45) is 4.26. The third-order valence-electron chi connectivity index (χ3n) is 10.3. The van der Waals surface area contributed by atoms with Crippen LogP contribution >= 0.6 is 23.2 Å². The number of sulfonamides is 1. The molecule has 2 heterocycles. The highest BCUT2D eigenvalue weighted by atomic mass is 35.5. The Hall–Kier alpha value is -3.00. The van der Waals surface area contributed by atoms with Crippen LogP contribution in [0.25, 0.3) is 10.9 Å². The van der Waals surface area contributed by atoms with E-state index in [1.807, 2.05) is 36.9 Å². The molecule has 2 fully saturated rings. The molecule has 1 aliphatic carbocycles. The summed E-state index contributed by atoms with van der Waals surface area (Å²) in [7, 11) is 1.99. The monoisotopic (exact) mass is 761 g/mol. The van der Waals surface area contributed by atoms with E-state index in [0.29, 0.717) is 86.1 Å². The van der Waals surface area contributed by atoms with Crippen molar-refractivity contribution in [2.24, 2.45) is 5.73 Å². The molecule has 1 atom stereocenters. The number of aryl methyl sites for hydroxylation is 2. The molecule has 1 saturated carbocycles. The molecule has 1 aliphatic heterocycles. The van der Waals surface area contributed by atoms with Gasteiger partial charge in [0.2, 0.25) is 21.8 Å². The molecule has 0 bridgehead atoms. The van der Waals surface area contributed by atoms with Gasteiger partial charge in [0.25, 0.3) is 0 Å². The number of para-hydroxylation sites is 1. The van der Waals surface area contributed by atoms with E-state index in [2.05, 4.69) is 30.8 Å². The molecule has 1 saturated heterocycles. The minimum Gasteiger partial charge on any atom is -0.487 e. The maximum Gasteiger partial charge on any atom is 0.243 e. The lowest BCUT2D eigenvalue weighted by Gasteiger charge is -2.41. The summed E-state index contributed by atoms with van der Waals surface area (Å²) in [6, 6.07) is 10.6. The summed E-state index contributed by atoms with van der Waals surface area (Å²) in [5, 5.41) is 1.13. The van der Waals surface area contributed by atoms with Crippen LogP contribution in [0.3, 0.4) is 0 Å². The molecule has 2 amide bonds. The highest BCUT2D eigenvalue weighted by molar-refractivity contribution is 7.89. The zero-order valence-corrected chi connectivity index (χ0v) is 32.6. The Balaban J connectivity index is 1.29. The van der Waals surface area contributed by atoms with Crippen LogP contribution < -0.4 is 15.2 Å². The van der Waals surface area contributed by atoms with E-state index in [1.54, 1.807) is 11.0 Å². The predicted molar refractivity (Wildman–Crippen MR) is 201 cm³/mol. The van der Waals surface area contributed by atoms with Gasteiger partial charge in [-0.2, -0.15) is 4.72 Å². The molecule has 11 nitrogen and oxygen atoms in total. The molecular formula is C37H51Cl2N6O5S+. The van der Waals surface area contributed by atoms with Crippen LogP contribution in [0.4, 0.5) is 0 Å². The normalized spacial score (nSPS) is 17.2. The average Bonchev–Trinajstić information content (AvgIpc) is 3.54. The Bertz CT molecular complexity index is 1870. The second-order valence-electron chi connectivity index (χ2n) is 14.8. The van der Waals surface area contributed by atoms with Gasteiger partial charge < -0.3 is 24.8 Å². The van der Waals surface area contributed by atoms with Crippen molar-refractivity contribution in [2.75, 3.05) is 53.9 Å². The maximum absolute atomic E-state index is 14.2. The fourth-order valence-electron chi connectivity index (χ4n) is 7.30. The number of hydrogen-bond acceptors (Lipinski definition) is 7. The number of rotatable bonds is 13. The summed E-state index contributed by atoms with van der Waals surface area (Å²) in [5.41, 5.74) is 7.34. The number of aromatic nitrogens is 1. The number of quaternary nitrogens is 1. The molecule has 1 aromatic heterocycles. The Morgan fingerprint density at radius 3 is 2.35 bits per heavy atom. The highest BCUT2D eigenvalue weighted by Crippen LogP contribution is 2.37. The third-order valence-corrected chi connectivity index (χ3v) is 12.8. The second-order valence-corrected chi connectivity index (χ2v) is 17.3. The van der Waals surface area contributed by atoms with Gasteiger partial charge in [0.05, 0.1) is 38.6 Å². The fourth-order valence-corrected chi connectivity index (χ4v) is 9.60. The summed E-state index contributed by atoms with van der Waals surface area (Å²) in [4.78, 5) is 35.4. The Morgan fingerprint density at radius 2 is 1.71 bits per heavy atom. The van der Waals surface area contributed by atoms with Crippen LogP contribution in [0, 0.1) is 13.8 Å². The molecule has 0 unspecified atom stereocenters. The number of nitrogens with one attached hydrogen (secondary N) is 1. The van der Waals surface area contributed by atoms with Crippen LogP contribution in [0.5, 0.6) is 5.75 Å². The van der Waals surface area contributed by atoms with Gasteiger partial charge in [-0.15, -0.1) is 0 Å². The molecule has 3 aromatic rings. The lowest BCUT2D eigenvalue weighted by molar-refractivity contribution is -0.895. The number of carbonyl (C=O) groups is 2. The quantitative estimate of drug-likeness (QED) is 0.229. The number of hydrogen-bond donors (Lipinski definition) is 2. The van der Waals surface area contributed by atoms with Crippen LogP contribution in [0.1, 0.15) is 61.8 Å². The van der Waals surface area contributed by atoms with Crippen molar-refractivity contribution in [3.8, 4) is 5.75 Å². The van der Waals surface area contributed by atoms with Crippen molar-refractivity contribution in [3.63, 3.8) is 0 Å². The summed E-state index contributed by atoms with van der Waals surface area (Å²) < 4.78 is 37.7. The topological polar surface area (TPSA) is 135 Å². The SMILES string of the molecule is Cc1cc(C)c2cccc(OCc3c(Cl)ccc(S(=O)(=O)NC4(C(=O)N5CCN(C(=O)C[C@H](CCCN)[N+](C)(C)C)CC5)CCCC4)c3Cl)c2n1. The Kier molecular flexibility index (Phi) is 12.3. The van der Waals surface area contributed by atoms with Gasteiger partial charge in [0.15, 0.2) is 0 Å². The van der Waals surface area contributed by atoms with Crippen molar-refractivity contribution in [3.05, 3.63) is 63.3 Å². The average molecular weight is 763 g/mol. The van der Waals surface area contributed by atoms with Crippen molar-refractivity contribution in [1.82, 2.24) is 19.5 Å². The first-order chi connectivity index (χ1) is 24.1. The van der Waals surface area contributed by atoms with Gasteiger partial charge in [-0.3, -0.25) is 9.59 Å². The number of nitrogens with two attached hydrogens (primary N) is 1. The van der Waals surface area contributed by atoms with Crippen molar-refractivity contribution < 1.29 is 27.2 Å². The standard InChI is InChI=1S/C37H51Cl2N6O5S/c1-25-22-26(2)41-35-28(25)11-8-12-31(35)50-24-29-30(38)13-14-32(34(29)39)51(48,49)42-37(15-6-7-16-37)36(47)44-20-18-43(19-21-44)33(46)23-27(10-9-17-40)45(3,4)5/h8,11-14,22,27,42H,6-7,9-10,15-21,23-24,40H2,1-5H3/q+1/t27-/m0/s1. The first kappa shape index (κ1) is 39.2. The number of nitrogens with zero attached hydrogens (tertiary/aromatic N) is 4. The van der Waals surface area contributed by atoms with E-state index < -0.39 is 15.6 Å². The number of amides is 2. The number of fused-ring (bicyclic) bond motifs is 1. The molecule has 2 aliphatic rings. The van der Waals surface area contributed by atoms with Crippen molar-refractivity contribution >= 4 is 55.9 Å². The zero-order chi connectivity index (χ0) is 37.1. The third kappa shape index (κ3) is 8.80. The molecular weight excluding hydrogens is 711 g/mol. The maximum atomic E-state index is 14.2. The summed E-state index contributed by atoms with van der Waals surface area (Å²) in [6.45, 7) is 5.86. The van der Waals surface area contributed by atoms with E-state index in [0.717, 1.165) is 29.5 Å². The van der Waals surface area contributed by atoms with E-state index in [1.165, 1.54) is 12.1 Å². The molecule has 0 radical (unpaired) electrons. The smallest absolute Gasteiger partial charge is 0.243 e. The van der Waals surface area contributed by atoms with E-state index in [4.69, 9.17) is 33.7 Å². The Labute approximate surface area is 312 Å². The van der Waals surface area contributed by atoms with Gasteiger partial charge in [0, 0.05) is 54.3 Å². The minimum atomic E-state index is -4.28. The van der Waals surface area contributed by atoms with Gasteiger partial charge in [-0.05, 0) is 69.5 Å². The number of carbonyl (C=O) groups excluding carboxylic acids is 2.